The van der Waals surface area contributed by atoms with Crippen LogP contribution >= 0.6 is 12.4 Å². The number of nitrogens with zero attached hydrogens (tertiary/aromatic N) is 1. The van der Waals surface area contributed by atoms with Crippen LogP contribution in [0.4, 0.5) is 0 Å². The van der Waals surface area contributed by atoms with Gasteiger partial charge >= 0.3 is 0 Å². The number of halogens is 1. The molecule has 2 N–H and O–H groups in total. The molecule has 0 radical (unpaired) electrons. The molecule has 1 fully saturated rings. The number of piperidine rings is 1. The van der Waals surface area contributed by atoms with Gasteiger partial charge in [0.2, 0.25) is 10.0 Å². The van der Waals surface area contributed by atoms with Crippen molar-refractivity contribution in [2.24, 2.45) is 5.73 Å². The van der Waals surface area contributed by atoms with Gasteiger partial charge in [0.25, 0.3) is 0 Å². The zero-order chi connectivity index (χ0) is 16.2. The second kappa shape index (κ2) is 8.84. The third-order valence-electron chi connectivity index (χ3n) is 3.94. The predicted octanol–water partition coefficient (Wildman–Crippen LogP) is 1.63. The van der Waals surface area contributed by atoms with Crippen molar-refractivity contribution < 1.29 is 17.9 Å². The summed E-state index contributed by atoms with van der Waals surface area (Å²) in [4.78, 5) is 0.243. The summed E-state index contributed by atoms with van der Waals surface area (Å²) in [7, 11) is -1.93. The summed E-state index contributed by atoms with van der Waals surface area (Å²) >= 11 is 0. The Morgan fingerprint density at radius 1 is 1.39 bits per heavy atom. The molecule has 1 aliphatic heterocycles. The zero-order valence-corrected chi connectivity index (χ0v) is 15.1. The lowest BCUT2D eigenvalue weighted by molar-refractivity contribution is 0.0401. The van der Waals surface area contributed by atoms with E-state index in [0.717, 1.165) is 0 Å². The number of sulfonamides is 1. The van der Waals surface area contributed by atoms with E-state index >= 15 is 0 Å². The van der Waals surface area contributed by atoms with Gasteiger partial charge in [-0.15, -0.1) is 12.4 Å². The standard InChI is InChI=1S/C15H24N2O4S.ClH/c1-3-21-14-5-4-6-15(10-14)22(18,19)17-8-7-13(20-2)9-12(17)11-16;/h4-6,10,12-13H,3,7-9,11,16H2,1-2H3;1H. The minimum absolute atomic E-state index is 0. The number of ether oxygens (including phenoxy) is 2. The van der Waals surface area contributed by atoms with Crippen LogP contribution in [0.3, 0.4) is 0 Å². The van der Waals surface area contributed by atoms with Crippen LogP contribution in [0.15, 0.2) is 29.2 Å². The van der Waals surface area contributed by atoms with Gasteiger partial charge in [-0.1, -0.05) is 6.07 Å². The van der Waals surface area contributed by atoms with Gasteiger partial charge in [0.1, 0.15) is 5.75 Å². The fourth-order valence-corrected chi connectivity index (χ4v) is 4.46. The van der Waals surface area contributed by atoms with Gasteiger partial charge in [0.15, 0.2) is 0 Å². The lowest BCUT2D eigenvalue weighted by Gasteiger charge is -2.37. The monoisotopic (exact) mass is 364 g/mol. The first-order valence-electron chi connectivity index (χ1n) is 7.50. The Morgan fingerprint density at radius 3 is 2.74 bits per heavy atom. The van der Waals surface area contributed by atoms with Crippen LogP contribution in [0.1, 0.15) is 19.8 Å². The Morgan fingerprint density at radius 2 is 2.13 bits per heavy atom. The largest absolute Gasteiger partial charge is 0.494 e. The molecule has 0 spiro atoms. The average Bonchev–Trinajstić information content (AvgIpc) is 2.54. The first-order chi connectivity index (χ1) is 10.5. The summed E-state index contributed by atoms with van der Waals surface area (Å²) in [5.74, 6) is 0.555. The van der Waals surface area contributed by atoms with Crippen molar-refractivity contribution in [3.05, 3.63) is 24.3 Å². The normalized spacial score (nSPS) is 22.4. The molecular formula is C15H25ClN2O4S. The molecule has 1 aromatic rings. The number of hydrogen-bond acceptors (Lipinski definition) is 5. The van der Waals surface area contributed by atoms with Crippen LogP contribution in [-0.2, 0) is 14.8 Å². The SMILES string of the molecule is CCOc1cccc(S(=O)(=O)N2CCC(OC)CC2CN)c1.Cl. The van der Waals surface area contributed by atoms with Crippen molar-refractivity contribution in [1.29, 1.82) is 0 Å². The molecule has 1 saturated heterocycles. The lowest BCUT2D eigenvalue weighted by atomic mass is 10.0. The molecule has 23 heavy (non-hydrogen) atoms. The molecule has 1 aliphatic rings. The van der Waals surface area contributed by atoms with E-state index in [4.69, 9.17) is 15.2 Å². The van der Waals surface area contributed by atoms with Crippen molar-refractivity contribution in [3.63, 3.8) is 0 Å². The molecule has 0 amide bonds. The first-order valence-corrected chi connectivity index (χ1v) is 8.94. The smallest absolute Gasteiger partial charge is 0.243 e. The Labute approximate surface area is 144 Å². The van der Waals surface area contributed by atoms with E-state index < -0.39 is 10.0 Å². The Bertz CT molecular complexity index is 597. The first kappa shape index (κ1) is 20.2. The van der Waals surface area contributed by atoms with Crippen LogP contribution in [0, 0.1) is 0 Å². The van der Waals surface area contributed by atoms with E-state index in [-0.39, 0.29) is 36.0 Å². The quantitative estimate of drug-likeness (QED) is 0.829. The summed E-state index contributed by atoms with van der Waals surface area (Å²) in [6.07, 6.45) is 1.36. The minimum Gasteiger partial charge on any atom is -0.494 e. The molecule has 1 heterocycles. The van der Waals surface area contributed by atoms with Crippen LogP contribution in [0.2, 0.25) is 0 Å². The summed E-state index contributed by atoms with van der Waals surface area (Å²) in [6, 6.07) is 6.36. The number of nitrogens with two attached hydrogens (primary N) is 1. The van der Waals surface area contributed by atoms with E-state index in [9.17, 15) is 8.42 Å². The third kappa shape index (κ3) is 4.58. The molecular weight excluding hydrogens is 340 g/mol. The Hall–Kier alpha value is -0.860. The molecule has 0 bridgehead atoms. The van der Waals surface area contributed by atoms with Crippen LogP contribution in [0.25, 0.3) is 0 Å². The van der Waals surface area contributed by atoms with Crippen LogP contribution in [0.5, 0.6) is 5.75 Å². The lowest BCUT2D eigenvalue weighted by Crippen LogP contribution is -2.51. The van der Waals surface area contributed by atoms with Crippen molar-refractivity contribution in [3.8, 4) is 5.75 Å². The maximum absolute atomic E-state index is 12.9. The minimum atomic E-state index is -3.58. The Balaban J connectivity index is 0.00000264. The van der Waals surface area contributed by atoms with Gasteiger partial charge in [-0.25, -0.2) is 8.42 Å². The third-order valence-corrected chi connectivity index (χ3v) is 5.89. The van der Waals surface area contributed by atoms with Gasteiger partial charge in [0.05, 0.1) is 17.6 Å². The van der Waals surface area contributed by atoms with Crippen molar-refractivity contribution in [2.75, 3.05) is 26.8 Å². The molecule has 6 nitrogen and oxygen atoms in total. The van der Waals surface area contributed by atoms with Crippen molar-refractivity contribution >= 4 is 22.4 Å². The highest BCUT2D eigenvalue weighted by Gasteiger charge is 2.36. The maximum atomic E-state index is 12.9. The second-order valence-corrected chi connectivity index (χ2v) is 7.19. The predicted molar refractivity (Wildman–Crippen MR) is 91.6 cm³/mol. The number of rotatable bonds is 6. The van der Waals surface area contributed by atoms with E-state index in [0.29, 0.717) is 31.7 Å². The maximum Gasteiger partial charge on any atom is 0.243 e. The van der Waals surface area contributed by atoms with Gasteiger partial charge in [-0.05, 0) is 31.9 Å². The highest BCUT2D eigenvalue weighted by Crippen LogP contribution is 2.28. The topological polar surface area (TPSA) is 81.9 Å². The van der Waals surface area contributed by atoms with Gasteiger partial charge in [-0.2, -0.15) is 4.31 Å². The molecule has 8 heteroatoms. The summed E-state index contributed by atoms with van der Waals surface area (Å²) in [5.41, 5.74) is 5.78. The highest BCUT2D eigenvalue weighted by molar-refractivity contribution is 7.89. The fourth-order valence-electron chi connectivity index (χ4n) is 2.76. The average molecular weight is 365 g/mol. The molecule has 132 valence electrons. The summed E-state index contributed by atoms with van der Waals surface area (Å²) in [5, 5.41) is 0. The van der Waals surface area contributed by atoms with E-state index in [1.54, 1.807) is 31.4 Å². The molecule has 0 aromatic heterocycles. The van der Waals surface area contributed by atoms with E-state index in [1.165, 1.54) is 4.31 Å². The number of methoxy groups -OCH3 is 1. The number of hydrogen-bond donors (Lipinski definition) is 1. The summed E-state index contributed by atoms with van der Waals surface area (Å²) < 4.78 is 38.0. The van der Waals surface area contributed by atoms with Crippen LogP contribution in [-0.4, -0.2) is 51.7 Å². The Kier molecular flexibility index (Phi) is 7.76. The van der Waals surface area contributed by atoms with Crippen molar-refractivity contribution in [2.45, 2.75) is 36.8 Å². The zero-order valence-electron chi connectivity index (χ0n) is 13.5. The van der Waals surface area contributed by atoms with E-state index in [2.05, 4.69) is 0 Å². The van der Waals surface area contributed by atoms with Crippen LogP contribution < -0.4 is 10.5 Å². The molecule has 2 rings (SSSR count). The molecule has 0 saturated carbocycles. The van der Waals surface area contributed by atoms with E-state index in [1.807, 2.05) is 6.92 Å². The molecule has 2 atom stereocenters. The summed E-state index contributed by atoms with van der Waals surface area (Å²) in [6.45, 7) is 3.06. The molecule has 1 aromatic carbocycles. The molecule has 2 unspecified atom stereocenters. The van der Waals surface area contributed by atoms with Gasteiger partial charge in [-0.3, -0.25) is 0 Å². The van der Waals surface area contributed by atoms with Gasteiger partial charge in [0, 0.05) is 32.3 Å². The number of benzene rings is 1. The second-order valence-electron chi connectivity index (χ2n) is 5.30. The highest BCUT2D eigenvalue weighted by atomic mass is 35.5. The molecule has 0 aliphatic carbocycles. The van der Waals surface area contributed by atoms with Crippen molar-refractivity contribution in [1.82, 2.24) is 4.31 Å². The van der Waals surface area contributed by atoms with Gasteiger partial charge < -0.3 is 15.2 Å². The fraction of sp³-hybridized carbons (Fsp3) is 0.600.